The van der Waals surface area contributed by atoms with Gasteiger partial charge < -0.3 is 4.90 Å². The number of amides is 1. The maximum Gasteiger partial charge on any atom is 0.237 e. The molecule has 4 nitrogen and oxygen atoms in total. The van der Waals surface area contributed by atoms with E-state index in [0.29, 0.717) is 23.1 Å². The Morgan fingerprint density at radius 1 is 1.03 bits per heavy atom. The number of thioether (sulfide) groups is 1. The van der Waals surface area contributed by atoms with Gasteiger partial charge in [0.25, 0.3) is 0 Å². The number of para-hydroxylation sites is 1. The first-order chi connectivity index (χ1) is 14.2. The molecular formula is C22H18ClN3OS2. The lowest BCUT2D eigenvalue weighted by Gasteiger charge is -2.22. The van der Waals surface area contributed by atoms with Crippen molar-refractivity contribution in [1.82, 2.24) is 9.97 Å². The minimum Gasteiger partial charge on any atom is -0.306 e. The largest absolute Gasteiger partial charge is 0.306 e. The standard InChI is InChI=1S/C22H18ClN3OS2/c23-16-8-10-18(11-9-16)26(13-17-5-3-4-12-24-17)22(27)15-28-14-21-25-19-6-1-2-7-20(19)29-21/h1-12H,13-15H2. The van der Waals surface area contributed by atoms with E-state index in [1.54, 1.807) is 46.3 Å². The van der Waals surface area contributed by atoms with Crippen LogP contribution < -0.4 is 4.90 Å². The fourth-order valence-electron chi connectivity index (χ4n) is 2.88. The highest BCUT2D eigenvalue weighted by Gasteiger charge is 2.17. The van der Waals surface area contributed by atoms with Gasteiger partial charge >= 0.3 is 0 Å². The van der Waals surface area contributed by atoms with E-state index in [-0.39, 0.29) is 5.91 Å². The van der Waals surface area contributed by atoms with Crippen molar-refractivity contribution in [2.24, 2.45) is 0 Å². The summed E-state index contributed by atoms with van der Waals surface area (Å²) >= 11 is 9.27. The fourth-order valence-corrected chi connectivity index (χ4v) is 4.93. The molecule has 2 aromatic heterocycles. The van der Waals surface area contributed by atoms with E-state index in [9.17, 15) is 4.79 Å². The number of benzene rings is 2. The number of carbonyl (C=O) groups is 1. The van der Waals surface area contributed by atoms with Crippen LogP contribution in [0.15, 0.2) is 72.9 Å². The zero-order valence-electron chi connectivity index (χ0n) is 15.5. The van der Waals surface area contributed by atoms with Gasteiger partial charge in [-0.3, -0.25) is 9.78 Å². The van der Waals surface area contributed by atoms with Gasteiger partial charge in [0.15, 0.2) is 0 Å². The number of rotatable bonds is 7. The topological polar surface area (TPSA) is 46.1 Å². The molecule has 0 N–H and O–H groups in total. The maximum absolute atomic E-state index is 13.0. The zero-order chi connectivity index (χ0) is 20.1. The first-order valence-electron chi connectivity index (χ1n) is 9.07. The van der Waals surface area contributed by atoms with E-state index in [1.807, 2.05) is 48.5 Å². The highest BCUT2D eigenvalue weighted by Crippen LogP contribution is 2.26. The number of hydrogen-bond acceptors (Lipinski definition) is 5. The van der Waals surface area contributed by atoms with Crippen LogP contribution in [0, 0.1) is 0 Å². The molecule has 0 saturated heterocycles. The Labute approximate surface area is 182 Å². The lowest BCUT2D eigenvalue weighted by atomic mass is 10.2. The third-order valence-electron chi connectivity index (χ3n) is 4.27. The second kappa shape index (κ2) is 9.39. The molecule has 0 aliphatic rings. The van der Waals surface area contributed by atoms with Crippen LogP contribution >= 0.6 is 34.7 Å². The molecule has 0 spiro atoms. The van der Waals surface area contributed by atoms with Crippen LogP contribution in [0.5, 0.6) is 0 Å². The predicted molar refractivity (Wildman–Crippen MR) is 123 cm³/mol. The lowest BCUT2D eigenvalue weighted by molar-refractivity contribution is -0.116. The number of aromatic nitrogens is 2. The molecule has 1 amide bonds. The predicted octanol–water partition coefficient (Wildman–Crippen LogP) is 5.81. The van der Waals surface area contributed by atoms with E-state index in [4.69, 9.17) is 11.6 Å². The number of fused-ring (bicyclic) bond motifs is 1. The van der Waals surface area contributed by atoms with Crippen molar-refractivity contribution in [3.05, 3.63) is 88.7 Å². The molecule has 146 valence electrons. The number of pyridine rings is 1. The summed E-state index contributed by atoms with van der Waals surface area (Å²) in [6.45, 7) is 0.420. The molecule has 4 rings (SSSR count). The molecule has 0 saturated carbocycles. The summed E-state index contributed by atoms with van der Waals surface area (Å²) in [5.74, 6) is 1.11. The van der Waals surface area contributed by atoms with Crippen molar-refractivity contribution < 1.29 is 4.79 Å². The summed E-state index contributed by atoms with van der Waals surface area (Å²) < 4.78 is 1.17. The summed E-state index contributed by atoms with van der Waals surface area (Å²) in [5.41, 5.74) is 2.66. The van der Waals surface area contributed by atoms with Gasteiger partial charge in [-0.2, -0.15) is 0 Å². The third kappa shape index (κ3) is 5.15. The highest BCUT2D eigenvalue weighted by atomic mass is 35.5. The highest BCUT2D eigenvalue weighted by molar-refractivity contribution is 7.99. The van der Waals surface area contributed by atoms with Crippen molar-refractivity contribution in [3.8, 4) is 0 Å². The van der Waals surface area contributed by atoms with Gasteiger partial charge in [-0.25, -0.2) is 4.98 Å². The Morgan fingerprint density at radius 3 is 2.59 bits per heavy atom. The maximum atomic E-state index is 13.0. The third-order valence-corrected chi connectivity index (χ3v) is 6.67. The molecule has 2 aromatic carbocycles. The van der Waals surface area contributed by atoms with Crippen LogP contribution in [0.4, 0.5) is 5.69 Å². The van der Waals surface area contributed by atoms with Crippen molar-refractivity contribution in [3.63, 3.8) is 0 Å². The summed E-state index contributed by atoms with van der Waals surface area (Å²) in [6, 6.07) is 21.1. The molecule has 7 heteroatoms. The zero-order valence-corrected chi connectivity index (χ0v) is 17.9. The first kappa shape index (κ1) is 19.9. The Hall–Kier alpha value is -2.41. The molecule has 0 aliphatic heterocycles. The van der Waals surface area contributed by atoms with Gasteiger partial charge in [-0.15, -0.1) is 23.1 Å². The summed E-state index contributed by atoms with van der Waals surface area (Å²) in [6.07, 6.45) is 1.74. The number of thiazole rings is 1. The van der Waals surface area contributed by atoms with Crippen molar-refractivity contribution in [2.45, 2.75) is 12.3 Å². The van der Waals surface area contributed by atoms with Gasteiger partial charge in [0.1, 0.15) is 5.01 Å². The minimum atomic E-state index is 0.0316. The van der Waals surface area contributed by atoms with E-state index in [1.165, 1.54) is 4.70 Å². The smallest absolute Gasteiger partial charge is 0.237 e. The van der Waals surface area contributed by atoms with Crippen LogP contribution in [0.2, 0.25) is 5.02 Å². The van der Waals surface area contributed by atoms with Gasteiger partial charge in [0.2, 0.25) is 5.91 Å². The van der Waals surface area contributed by atoms with Gasteiger partial charge in [0.05, 0.1) is 28.2 Å². The van der Waals surface area contributed by atoms with E-state index >= 15 is 0 Å². The molecule has 0 fully saturated rings. The summed E-state index contributed by atoms with van der Waals surface area (Å²) in [5, 5.41) is 1.68. The number of hydrogen-bond donors (Lipinski definition) is 0. The number of carbonyl (C=O) groups excluding carboxylic acids is 1. The van der Waals surface area contributed by atoms with Crippen LogP contribution in [0.3, 0.4) is 0 Å². The monoisotopic (exact) mass is 439 g/mol. The average Bonchev–Trinajstić information content (AvgIpc) is 3.16. The molecule has 0 aliphatic carbocycles. The van der Waals surface area contributed by atoms with Crippen LogP contribution in [0.1, 0.15) is 10.7 Å². The SMILES string of the molecule is O=C(CSCc1nc2ccccc2s1)N(Cc1ccccn1)c1ccc(Cl)cc1. The normalized spacial score (nSPS) is 10.9. The Morgan fingerprint density at radius 2 is 1.83 bits per heavy atom. The number of anilines is 1. The first-order valence-corrected chi connectivity index (χ1v) is 11.4. The summed E-state index contributed by atoms with van der Waals surface area (Å²) in [4.78, 5) is 23.8. The van der Waals surface area contributed by atoms with E-state index in [2.05, 4.69) is 16.0 Å². The molecule has 29 heavy (non-hydrogen) atoms. The Kier molecular flexibility index (Phi) is 6.44. The van der Waals surface area contributed by atoms with Crippen molar-refractivity contribution in [2.75, 3.05) is 10.7 Å². The molecule has 0 bridgehead atoms. The number of nitrogens with zero attached hydrogens (tertiary/aromatic N) is 3. The van der Waals surface area contributed by atoms with Gasteiger partial charge in [-0.05, 0) is 48.5 Å². The minimum absolute atomic E-state index is 0.0316. The molecular weight excluding hydrogens is 422 g/mol. The van der Waals surface area contributed by atoms with Crippen LogP contribution in [-0.4, -0.2) is 21.6 Å². The number of halogens is 1. The molecule has 0 atom stereocenters. The van der Waals surface area contributed by atoms with E-state index in [0.717, 1.165) is 21.9 Å². The fraction of sp³-hybridized carbons (Fsp3) is 0.136. The van der Waals surface area contributed by atoms with Crippen molar-refractivity contribution >= 4 is 56.5 Å². The molecule has 0 radical (unpaired) electrons. The quantitative estimate of drug-likeness (QED) is 0.364. The lowest BCUT2D eigenvalue weighted by Crippen LogP contribution is -2.32. The molecule has 2 heterocycles. The van der Waals surface area contributed by atoms with E-state index < -0.39 is 0 Å². The van der Waals surface area contributed by atoms with Gasteiger partial charge in [-0.1, -0.05) is 29.8 Å². The molecule has 0 unspecified atom stereocenters. The summed E-state index contributed by atoms with van der Waals surface area (Å²) in [7, 11) is 0. The van der Waals surface area contributed by atoms with Gasteiger partial charge in [0, 0.05) is 22.7 Å². The second-order valence-electron chi connectivity index (χ2n) is 6.35. The molecule has 4 aromatic rings. The second-order valence-corrected chi connectivity index (χ2v) is 8.88. The average molecular weight is 440 g/mol. The Bertz CT molecular complexity index is 1070. The Balaban J connectivity index is 1.44. The van der Waals surface area contributed by atoms with Crippen LogP contribution in [-0.2, 0) is 17.1 Å². The van der Waals surface area contributed by atoms with Crippen molar-refractivity contribution in [1.29, 1.82) is 0 Å². The van der Waals surface area contributed by atoms with Crippen LogP contribution in [0.25, 0.3) is 10.2 Å².